The Morgan fingerprint density at radius 3 is 2.74 bits per heavy atom. The van der Waals surface area contributed by atoms with E-state index in [9.17, 15) is 23.1 Å². The number of carbonyl (C=O) groups is 1. The number of aromatic nitrogens is 3. The van der Waals surface area contributed by atoms with Crippen LogP contribution in [-0.2, 0) is 17.4 Å². The summed E-state index contributed by atoms with van der Waals surface area (Å²) in [5.74, 6) is 0.290. The van der Waals surface area contributed by atoms with Crippen molar-refractivity contribution in [2.24, 2.45) is 0 Å². The lowest BCUT2D eigenvalue weighted by atomic mass is 10.2. The Hall–Kier alpha value is -3.47. The van der Waals surface area contributed by atoms with Gasteiger partial charge in [-0.25, -0.2) is 0 Å². The van der Waals surface area contributed by atoms with Crippen LogP contribution < -0.4 is 10.1 Å². The molecule has 31 heavy (non-hydrogen) atoms. The Kier molecular flexibility index (Phi) is 7.19. The SMILES string of the molecule is O=C(CCc1nc(-c2ccncc2)no1)NCC(O)COc1cccc(C(F)(F)F)c1. The number of ether oxygens (including phenoxy) is 1. The third-order valence-electron chi connectivity index (χ3n) is 4.11. The highest BCUT2D eigenvalue weighted by Gasteiger charge is 2.30. The standard InChI is InChI=1S/C20H19F3N4O4/c21-20(22,23)14-2-1-3-16(10-14)30-12-15(28)11-25-17(29)4-5-18-26-19(27-31-18)13-6-8-24-9-7-13/h1-3,6-10,15,28H,4-5,11-12H2,(H,25,29). The largest absolute Gasteiger partial charge is 0.491 e. The van der Waals surface area contributed by atoms with Gasteiger partial charge < -0.3 is 19.7 Å². The van der Waals surface area contributed by atoms with E-state index in [1.807, 2.05) is 0 Å². The van der Waals surface area contributed by atoms with Crippen molar-refractivity contribution in [2.45, 2.75) is 25.1 Å². The Morgan fingerprint density at radius 1 is 1.23 bits per heavy atom. The van der Waals surface area contributed by atoms with Gasteiger partial charge in [0.1, 0.15) is 18.5 Å². The molecule has 0 saturated heterocycles. The molecule has 2 heterocycles. The zero-order valence-electron chi connectivity index (χ0n) is 16.2. The van der Waals surface area contributed by atoms with Crippen LogP contribution in [0.15, 0.2) is 53.3 Å². The predicted molar refractivity (Wildman–Crippen MR) is 102 cm³/mol. The fourth-order valence-corrected chi connectivity index (χ4v) is 2.53. The number of nitrogens with zero attached hydrogens (tertiary/aromatic N) is 3. The van der Waals surface area contributed by atoms with Crippen molar-refractivity contribution in [3.05, 3.63) is 60.2 Å². The number of aliphatic hydroxyl groups excluding tert-OH is 1. The average molecular weight is 436 g/mol. The van der Waals surface area contributed by atoms with E-state index in [-0.39, 0.29) is 43.5 Å². The van der Waals surface area contributed by atoms with Crippen LogP contribution in [0, 0.1) is 0 Å². The number of halogens is 3. The molecule has 3 rings (SSSR count). The second-order valence-electron chi connectivity index (χ2n) is 6.54. The maximum Gasteiger partial charge on any atom is 0.416 e. The zero-order chi connectivity index (χ0) is 22.3. The summed E-state index contributed by atoms with van der Waals surface area (Å²) in [6, 6.07) is 7.78. The Balaban J connectivity index is 1.38. The highest BCUT2D eigenvalue weighted by molar-refractivity contribution is 5.76. The molecule has 1 unspecified atom stereocenters. The molecule has 0 aliphatic heterocycles. The molecule has 2 aromatic heterocycles. The van der Waals surface area contributed by atoms with Crippen LogP contribution in [0.5, 0.6) is 5.75 Å². The maximum atomic E-state index is 12.7. The predicted octanol–water partition coefficient (Wildman–Crippen LogP) is 2.64. The number of hydrogen-bond acceptors (Lipinski definition) is 7. The van der Waals surface area contributed by atoms with Gasteiger partial charge in [-0.05, 0) is 30.3 Å². The molecule has 2 N–H and O–H groups in total. The van der Waals surface area contributed by atoms with Crippen LogP contribution in [0.25, 0.3) is 11.4 Å². The summed E-state index contributed by atoms with van der Waals surface area (Å²) < 4.78 is 48.3. The fraction of sp³-hybridized carbons (Fsp3) is 0.300. The highest BCUT2D eigenvalue weighted by atomic mass is 19.4. The van der Waals surface area contributed by atoms with Crippen molar-refractivity contribution in [1.82, 2.24) is 20.4 Å². The van der Waals surface area contributed by atoms with E-state index in [0.717, 1.165) is 17.7 Å². The molecular weight excluding hydrogens is 417 g/mol. The Morgan fingerprint density at radius 2 is 2.00 bits per heavy atom. The maximum absolute atomic E-state index is 12.7. The number of benzene rings is 1. The second-order valence-corrected chi connectivity index (χ2v) is 6.54. The first kappa shape index (κ1) is 22.2. The van der Waals surface area contributed by atoms with Crippen molar-refractivity contribution in [2.75, 3.05) is 13.2 Å². The van der Waals surface area contributed by atoms with E-state index < -0.39 is 17.8 Å². The molecule has 0 radical (unpaired) electrons. The average Bonchev–Trinajstić information content (AvgIpc) is 3.24. The molecule has 0 spiro atoms. The van der Waals surface area contributed by atoms with Crippen molar-refractivity contribution >= 4 is 5.91 Å². The molecule has 11 heteroatoms. The van der Waals surface area contributed by atoms with E-state index in [0.29, 0.717) is 5.82 Å². The molecule has 0 saturated carbocycles. The molecule has 1 aromatic carbocycles. The van der Waals surface area contributed by atoms with E-state index in [1.54, 1.807) is 24.5 Å². The minimum absolute atomic E-state index is 0.0263. The van der Waals surface area contributed by atoms with Crippen LogP contribution in [0.3, 0.4) is 0 Å². The van der Waals surface area contributed by atoms with Gasteiger partial charge in [0.25, 0.3) is 0 Å². The minimum Gasteiger partial charge on any atom is -0.491 e. The lowest BCUT2D eigenvalue weighted by Gasteiger charge is -2.14. The van der Waals surface area contributed by atoms with Gasteiger partial charge in [-0.15, -0.1) is 0 Å². The summed E-state index contributed by atoms with van der Waals surface area (Å²) in [7, 11) is 0. The second kappa shape index (κ2) is 10.0. The van der Waals surface area contributed by atoms with Crippen molar-refractivity contribution in [3.8, 4) is 17.1 Å². The molecule has 164 valence electrons. The van der Waals surface area contributed by atoms with E-state index in [4.69, 9.17) is 9.26 Å². The summed E-state index contributed by atoms with van der Waals surface area (Å²) in [5, 5.41) is 16.3. The number of alkyl halides is 3. The van der Waals surface area contributed by atoms with Crippen molar-refractivity contribution < 1.29 is 32.3 Å². The van der Waals surface area contributed by atoms with Gasteiger partial charge >= 0.3 is 6.18 Å². The number of aliphatic hydroxyl groups is 1. The van der Waals surface area contributed by atoms with Crippen molar-refractivity contribution in [3.63, 3.8) is 0 Å². The number of carbonyl (C=O) groups excluding carboxylic acids is 1. The Bertz CT molecular complexity index is 995. The smallest absolute Gasteiger partial charge is 0.416 e. The first-order chi connectivity index (χ1) is 14.8. The van der Waals surface area contributed by atoms with Crippen LogP contribution in [-0.4, -0.2) is 45.4 Å². The lowest BCUT2D eigenvalue weighted by Crippen LogP contribution is -2.35. The third-order valence-corrected chi connectivity index (χ3v) is 4.11. The minimum atomic E-state index is -4.48. The van der Waals surface area contributed by atoms with Crippen LogP contribution in [0.4, 0.5) is 13.2 Å². The number of rotatable bonds is 9. The monoisotopic (exact) mass is 436 g/mol. The van der Waals surface area contributed by atoms with E-state index >= 15 is 0 Å². The number of hydrogen-bond donors (Lipinski definition) is 2. The molecule has 1 atom stereocenters. The molecule has 1 amide bonds. The van der Waals surface area contributed by atoms with Crippen molar-refractivity contribution in [1.29, 1.82) is 0 Å². The van der Waals surface area contributed by atoms with Gasteiger partial charge in [-0.3, -0.25) is 9.78 Å². The van der Waals surface area contributed by atoms with Gasteiger partial charge in [0.05, 0.1) is 5.56 Å². The third kappa shape index (κ3) is 6.78. The number of amides is 1. The van der Waals surface area contributed by atoms with Crippen LogP contribution in [0.2, 0.25) is 0 Å². The number of aryl methyl sites for hydroxylation is 1. The van der Waals surface area contributed by atoms with Gasteiger partial charge in [0, 0.05) is 37.3 Å². The number of pyridine rings is 1. The first-order valence-electron chi connectivity index (χ1n) is 9.29. The van der Waals surface area contributed by atoms with Gasteiger partial charge in [0.15, 0.2) is 0 Å². The summed E-state index contributed by atoms with van der Waals surface area (Å²) >= 11 is 0. The fourth-order valence-electron chi connectivity index (χ4n) is 2.53. The molecule has 0 aliphatic rings. The zero-order valence-corrected chi connectivity index (χ0v) is 16.2. The summed E-state index contributed by atoms with van der Waals surface area (Å²) in [6.07, 6.45) is -2.12. The topological polar surface area (TPSA) is 110 Å². The number of nitrogens with one attached hydrogen (secondary N) is 1. The Labute approximate surface area is 175 Å². The normalized spacial score (nSPS) is 12.4. The van der Waals surface area contributed by atoms with Crippen LogP contribution >= 0.6 is 0 Å². The first-order valence-corrected chi connectivity index (χ1v) is 9.29. The van der Waals surface area contributed by atoms with E-state index in [1.165, 1.54) is 12.1 Å². The molecule has 0 fully saturated rings. The van der Waals surface area contributed by atoms with Crippen LogP contribution in [0.1, 0.15) is 17.9 Å². The summed E-state index contributed by atoms with van der Waals surface area (Å²) in [6.45, 7) is -0.398. The quantitative estimate of drug-likeness (QED) is 0.531. The van der Waals surface area contributed by atoms with Gasteiger partial charge in [0.2, 0.25) is 17.6 Å². The lowest BCUT2D eigenvalue weighted by molar-refractivity contribution is -0.137. The highest BCUT2D eigenvalue weighted by Crippen LogP contribution is 2.31. The molecule has 3 aromatic rings. The molecule has 0 aliphatic carbocycles. The summed E-state index contributed by atoms with van der Waals surface area (Å²) in [5.41, 5.74) is -0.112. The van der Waals surface area contributed by atoms with Gasteiger partial charge in [-0.1, -0.05) is 11.2 Å². The molecule has 8 nitrogen and oxygen atoms in total. The molecule has 0 bridgehead atoms. The van der Waals surface area contributed by atoms with E-state index in [2.05, 4.69) is 20.4 Å². The summed E-state index contributed by atoms with van der Waals surface area (Å²) in [4.78, 5) is 20.0. The molecular formula is C20H19F3N4O4. The van der Waals surface area contributed by atoms with Gasteiger partial charge in [-0.2, -0.15) is 18.2 Å².